The number of aromatic nitrogens is 2. The molecule has 2 aromatic rings. The number of nitrogens with two attached hydrogens (primary N) is 1. The van der Waals surface area contributed by atoms with Crippen LogP contribution in [0.5, 0.6) is 5.75 Å². The lowest BCUT2D eigenvalue weighted by atomic mass is 10.2. The third-order valence-corrected chi connectivity index (χ3v) is 2.15. The molecule has 4 heteroatoms. The molecule has 0 amide bonds. The summed E-state index contributed by atoms with van der Waals surface area (Å²) in [6.45, 7) is 0. The van der Waals surface area contributed by atoms with E-state index in [1.807, 2.05) is 24.3 Å². The standard InChI is InChI=1S/C13H11N3O/c1-17-12-5-3-2-4-10(12)6-7-11-13(14)16-9-8-15-11/h2-5,8-9H,1H3,(H2,14,16). The molecule has 0 fully saturated rings. The third kappa shape index (κ3) is 2.52. The number of nitrogen functional groups attached to an aromatic ring is 1. The quantitative estimate of drug-likeness (QED) is 0.746. The SMILES string of the molecule is COc1ccccc1C#Cc1nccnc1N. The molecule has 0 aliphatic heterocycles. The highest BCUT2D eigenvalue weighted by Gasteiger charge is 1.98. The Morgan fingerprint density at radius 3 is 2.65 bits per heavy atom. The van der Waals surface area contributed by atoms with Crippen LogP contribution >= 0.6 is 0 Å². The number of hydrogen-bond donors (Lipinski definition) is 1. The van der Waals surface area contributed by atoms with E-state index < -0.39 is 0 Å². The monoisotopic (exact) mass is 225 g/mol. The van der Waals surface area contributed by atoms with Crippen LogP contribution in [0, 0.1) is 11.8 Å². The molecule has 0 saturated carbocycles. The predicted octanol–water partition coefficient (Wildman–Crippen LogP) is 1.47. The molecule has 1 aromatic heterocycles. The zero-order valence-corrected chi connectivity index (χ0v) is 9.34. The Morgan fingerprint density at radius 2 is 1.88 bits per heavy atom. The molecule has 0 aliphatic rings. The fourth-order valence-electron chi connectivity index (χ4n) is 1.32. The van der Waals surface area contributed by atoms with Gasteiger partial charge in [-0.25, -0.2) is 9.97 Å². The highest BCUT2D eigenvalue weighted by Crippen LogP contribution is 2.15. The van der Waals surface area contributed by atoms with Gasteiger partial charge in [0, 0.05) is 12.4 Å². The van der Waals surface area contributed by atoms with Crippen LogP contribution in [0.2, 0.25) is 0 Å². The molecular weight excluding hydrogens is 214 g/mol. The molecule has 0 unspecified atom stereocenters. The molecule has 4 nitrogen and oxygen atoms in total. The van der Waals surface area contributed by atoms with E-state index in [1.54, 1.807) is 13.3 Å². The van der Waals surface area contributed by atoms with Crippen molar-refractivity contribution in [2.45, 2.75) is 0 Å². The van der Waals surface area contributed by atoms with Crippen LogP contribution in [0.25, 0.3) is 0 Å². The van der Waals surface area contributed by atoms with Crippen LogP contribution in [0.4, 0.5) is 5.82 Å². The molecule has 84 valence electrons. The molecule has 0 spiro atoms. The van der Waals surface area contributed by atoms with Gasteiger partial charge < -0.3 is 10.5 Å². The van der Waals surface area contributed by atoms with Crippen LogP contribution < -0.4 is 10.5 Å². The van der Waals surface area contributed by atoms with E-state index in [2.05, 4.69) is 21.8 Å². The maximum absolute atomic E-state index is 5.65. The fraction of sp³-hybridized carbons (Fsp3) is 0.0769. The Morgan fingerprint density at radius 1 is 1.12 bits per heavy atom. The van der Waals surface area contributed by atoms with Gasteiger partial charge in [0.05, 0.1) is 12.7 Å². The lowest BCUT2D eigenvalue weighted by Gasteiger charge is -2.01. The Balaban J connectivity index is 2.37. The Labute approximate surface area is 99.5 Å². The first kappa shape index (κ1) is 11.0. The van der Waals surface area contributed by atoms with Crippen LogP contribution in [0.15, 0.2) is 36.7 Å². The van der Waals surface area contributed by atoms with Gasteiger partial charge in [-0.05, 0) is 18.1 Å². The van der Waals surface area contributed by atoms with Gasteiger partial charge in [0.15, 0.2) is 11.5 Å². The third-order valence-electron chi connectivity index (χ3n) is 2.15. The molecule has 0 saturated heterocycles. The minimum Gasteiger partial charge on any atom is -0.495 e. The van der Waals surface area contributed by atoms with E-state index in [0.29, 0.717) is 11.5 Å². The van der Waals surface area contributed by atoms with Crippen molar-refractivity contribution in [1.29, 1.82) is 0 Å². The molecule has 0 bridgehead atoms. The van der Waals surface area contributed by atoms with Crippen molar-refractivity contribution in [2.24, 2.45) is 0 Å². The molecule has 0 aliphatic carbocycles. The molecular formula is C13H11N3O. The maximum atomic E-state index is 5.65. The summed E-state index contributed by atoms with van der Waals surface area (Å²) in [6.07, 6.45) is 3.09. The minimum absolute atomic E-state index is 0.329. The Hall–Kier alpha value is -2.54. The van der Waals surface area contributed by atoms with Crippen molar-refractivity contribution < 1.29 is 4.74 Å². The fourth-order valence-corrected chi connectivity index (χ4v) is 1.32. The van der Waals surface area contributed by atoms with Gasteiger partial charge in [-0.3, -0.25) is 0 Å². The summed E-state index contributed by atoms with van der Waals surface area (Å²) in [5.41, 5.74) is 6.91. The topological polar surface area (TPSA) is 61.0 Å². The van der Waals surface area contributed by atoms with Crippen molar-refractivity contribution in [3.05, 3.63) is 47.9 Å². The second-order valence-electron chi connectivity index (χ2n) is 3.24. The normalized spacial score (nSPS) is 9.24. The van der Waals surface area contributed by atoms with E-state index >= 15 is 0 Å². The summed E-state index contributed by atoms with van der Waals surface area (Å²) < 4.78 is 5.19. The first-order valence-corrected chi connectivity index (χ1v) is 5.03. The van der Waals surface area contributed by atoms with Gasteiger partial charge >= 0.3 is 0 Å². The van der Waals surface area contributed by atoms with Crippen molar-refractivity contribution in [3.8, 4) is 17.6 Å². The Kier molecular flexibility index (Phi) is 3.22. The predicted molar refractivity (Wildman–Crippen MR) is 65.4 cm³/mol. The van der Waals surface area contributed by atoms with Crippen molar-refractivity contribution in [2.75, 3.05) is 12.8 Å². The average Bonchev–Trinajstić information content (AvgIpc) is 2.38. The molecule has 17 heavy (non-hydrogen) atoms. The number of anilines is 1. The van der Waals surface area contributed by atoms with Gasteiger partial charge in [0.25, 0.3) is 0 Å². The lowest BCUT2D eigenvalue weighted by molar-refractivity contribution is 0.413. The number of para-hydroxylation sites is 1. The second kappa shape index (κ2) is 4.99. The molecule has 2 N–H and O–H groups in total. The van der Waals surface area contributed by atoms with Crippen LogP contribution in [-0.4, -0.2) is 17.1 Å². The number of ether oxygens (including phenoxy) is 1. The summed E-state index contributed by atoms with van der Waals surface area (Å²) in [5, 5.41) is 0. The molecule has 1 aromatic carbocycles. The van der Waals surface area contributed by atoms with E-state index in [9.17, 15) is 0 Å². The van der Waals surface area contributed by atoms with Crippen LogP contribution in [0.3, 0.4) is 0 Å². The first-order chi connectivity index (χ1) is 8.31. The summed E-state index contributed by atoms with van der Waals surface area (Å²) >= 11 is 0. The molecule has 0 radical (unpaired) electrons. The van der Waals surface area contributed by atoms with Gasteiger partial charge in [0.1, 0.15) is 5.75 Å². The average molecular weight is 225 g/mol. The summed E-state index contributed by atoms with van der Waals surface area (Å²) in [4.78, 5) is 7.96. The van der Waals surface area contributed by atoms with Gasteiger partial charge in [-0.2, -0.15) is 0 Å². The number of hydrogen-bond acceptors (Lipinski definition) is 4. The molecule has 1 heterocycles. The van der Waals surface area contributed by atoms with Gasteiger partial charge in [-0.1, -0.05) is 18.1 Å². The highest BCUT2D eigenvalue weighted by atomic mass is 16.5. The first-order valence-electron chi connectivity index (χ1n) is 5.03. The van der Waals surface area contributed by atoms with Gasteiger partial charge in [0.2, 0.25) is 0 Å². The number of rotatable bonds is 1. The highest BCUT2D eigenvalue weighted by molar-refractivity contribution is 5.52. The van der Waals surface area contributed by atoms with Gasteiger partial charge in [-0.15, -0.1) is 0 Å². The summed E-state index contributed by atoms with van der Waals surface area (Å²) in [7, 11) is 1.61. The van der Waals surface area contributed by atoms with E-state index in [-0.39, 0.29) is 0 Å². The van der Waals surface area contributed by atoms with Crippen molar-refractivity contribution in [3.63, 3.8) is 0 Å². The summed E-state index contributed by atoms with van der Waals surface area (Å²) in [6, 6.07) is 7.51. The number of nitrogens with zero attached hydrogens (tertiary/aromatic N) is 2. The van der Waals surface area contributed by atoms with E-state index in [0.717, 1.165) is 11.3 Å². The minimum atomic E-state index is 0.329. The number of methoxy groups -OCH3 is 1. The molecule has 2 rings (SSSR count). The summed E-state index contributed by atoms with van der Waals surface area (Å²) in [5.74, 6) is 6.89. The second-order valence-corrected chi connectivity index (χ2v) is 3.24. The van der Waals surface area contributed by atoms with E-state index in [4.69, 9.17) is 10.5 Å². The molecule has 0 atom stereocenters. The van der Waals surface area contributed by atoms with Crippen molar-refractivity contribution >= 4 is 5.82 Å². The van der Waals surface area contributed by atoms with Crippen LogP contribution in [0.1, 0.15) is 11.3 Å². The number of benzene rings is 1. The van der Waals surface area contributed by atoms with E-state index in [1.165, 1.54) is 6.20 Å². The zero-order valence-electron chi connectivity index (χ0n) is 9.34. The largest absolute Gasteiger partial charge is 0.495 e. The Bertz CT molecular complexity index is 584. The smallest absolute Gasteiger partial charge is 0.158 e. The maximum Gasteiger partial charge on any atom is 0.158 e. The van der Waals surface area contributed by atoms with Crippen LogP contribution in [-0.2, 0) is 0 Å². The van der Waals surface area contributed by atoms with Crippen molar-refractivity contribution in [1.82, 2.24) is 9.97 Å². The zero-order chi connectivity index (χ0) is 12.1. The lowest BCUT2D eigenvalue weighted by Crippen LogP contribution is -1.96.